The Hall–Kier alpha value is -2.15. The number of hydrogen-bond donors (Lipinski definition) is 2. The summed E-state index contributed by atoms with van der Waals surface area (Å²) >= 11 is 0. The maximum atomic E-state index is 13.7. The van der Waals surface area contributed by atoms with Crippen LogP contribution in [0.3, 0.4) is 0 Å². The van der Waals surface area contributed by atoms with Crippen LogP contribution in [0.15, 0.2) is 48.3 Å². The number of likely N-dealkylation sites (N-methyl/N-ethyl adjacent to an activating group) is 1. The molecule has 6 nitrogen and oxygen atoms in total. The molecule has 1 aromatic carbocycles. The SMILES string of the molecule is COC1=CCC(CCNCN(C)[C@@H](C(=O)N2CCC(O)(c3ccc(C)cc3)C(C)(C)C2)C(C)C)C=C1. The third kappa shape index (κ3) is 6.39. The summed E-state index contributed by atoms with van der Waals surface area (Å²) in [7, 11) is 3.73. The van der Waals surface area contributed by atoms with Gasteiger partial charge in [-0.2, -0.15) is 0 Å². The number of nitrogens with one attached hydrogen (secondary N) is 1. The molecule has 1 fully saturated rings. The molecule has 1 aliphatic heterocycles. The average Bonchev–Trinajstić information content (AvgIpc) is 2.84. The van der Waals surface area contributed by atoms with Crippen LogP contribution in [-0.4, -0.2) is 67.3 Å². The monoisotopic (exact) mass is 497 g/mol. The van der Waals surface area contributed by atoms with Gasteiger partial charge in [-0.3, -0.25) is 9.69 Å². The quantitative estimate of drug-likeness (QED) is 0.370. The first kappa shape index (κ1) is 28.4. The molecule has 36 heavy (non-hydrogen) atoms. The molecular weight excluding hydrogens is 450 g/mol. The maximum absolute atomic E-state index is 13.7. The van der Waals surface area contributed by atoms with Crippen LogP contribution in [0.4, 0.5) is 0 Å². The molecule has 1 aliphatic carbocycles. The molecule has 0 spiro atoms. The van der Waals surface area contributed by atoms with Crippen molar-refractivity contribution < 1.29 is 14.6 Å². The lowest BCUT2D eigenvalue weighted by Crippen LogP contribution is -2.60. The standard InChI is InChI=1S/C30H47N3O3/c1-22(2)27(32(6)21-31-18-16-24-10-14-26(36-7)15-11-24)28(34)33-19-17-30(35,29(4,5)20-33)25-12-8-23(3)9-13-25/h8-10,12-15,22,24,27,31,35H,11,16-21H2,1-7H3/t24?,27-,30?/m1/s1. The van der Waals surface area contributed by atoms with E-state index in [0.717, 1.165) is 30.7 Å². The molecule has 1 saturated heterocycles. The number of methoxy groups -OCH3 is 1. The second-order valence-electron chi connectivity index (χ2n) is 11.7. The molecule has 1 aromatic rings. The highest BCUT2D eigenvalue weighted by Crippen LogP contribution is 2.46. The summed E-state index contributed by atoms with van der Waals surface area (Å²) in [6.45, 7) is 13.1. The van der Waals surface area contributed by atoms with Crippen LogP contribution in [0.25, 0.3) is 0 Å². The van der Waals surface area contributed by atoms with Gasteiger partial charge in [-0.05, 0) is 69.3 Å². The second-order valence-corrected chi connectivity index (χ2v) is 11.7. The van der Waals surface area contributed by atoms with Gasteiger partial charge in [-0.1, -0.05) is 63.6 Å². The summed E-state index contributed by atoms with van der Waals surface area (Å²) in [6.07, 6.45) is 9.01. The first-order valence-corrected chi connectivity index (χ1v) is 13.4. The van der Waals surface area contributed by atoms with Gasteiger partial charge in [0.1, 0.15) is 5.76 Å². The largest absolute Gasteiger partial charge is 0.497 e. The van der Waals surface area contributed by atoms with E-state index in [2.05, 4.69) is 69.1 Å². The molecule has 2 aliphatic rings. The van der Waals surface area contributed by atoms with E-state index in [4.69, 9.17) is 4.74 Å². The summed E-state index contributed by atoms with van der Waals surface area (Å²) in [6, 6.07) is 7.95. The van der Waals surface area contributed by atoms with E-state index >= 15 is 0 Å². The van der Waals surface area contributed by atoms with E-state index in [-0.39, 0.29) is 17.9 Å². The lowest BCUT2D eigenvalue weighted by atomic mass is 9.66. The Bertz CT molecular complexity index is 937. The van der Waals surface area contributed by atoms with Crippen LogP contribution in [0, 0.1) is 24.2 Å². The summed E-state index contributed by atoms with van der Waals surface area (Å²) in [5.41, 5.74) is 0.703. The molecule has 0 bridgehead atoms. The first-order chi connectivity index (χ1) is 17.0. The summed E-state index contributed by atoms with van der Waals surface area (Å²) in [5.74, 6) is 1.80. The van der Waals surface area contributed by atoms with E-state index in [0.29, 0.717) is 32.1 Å². The van der Waals surface area contributed by atoms with Gasteiger partial charge in [0.25, 0.3) is 0 Å². The lowest BCUT2D eigenvalue weighted by Gasteiger charge is -2.51. The number of carbonyl (C=O) groups excluding carboxylic acids is 1. The Morgan fingerprint density at radius 2 is 1.97 bits per heavy atom. The average molecular weight is 498 g/mol. The second kappa shape index (κ2) is 11.9. The number of carbonyl (C=O) groups is 1. The maximum Gasteiger partial charge on any atom is 0.240 e. The number of benzene rings is 1. The molecule has 1 amide bonds. The van der Waals surface area contributed by atoms with Crippen molar-refractivity contribution in [3.63, 3.8) is 0 Å². The van der Waals surface area contributed by atoms with Gasteiger partial charge in [0.2, 0.25) is 5.91 Å². The number of nitrogens with zero attached hydrogens (tertiary/aromatic N) is 2. The number of allylic oxidation sites excluding steroid dienone is 3. The number of amides is 1. The van der Waals surface area contributed by atoms with Crippen LogP contribution in [0.5, 0.6) is 0 Å². The van der Waals surface area contributed by atoms with Gasteiger partial charge in [0.15, 0.2) is 0 Å². The number of aliphatic hydroxyl groups is 1. The fourth-order valence-corrected chi connectivity index (χ4v) is 5.70. The van der Waals surface area contributed by atoms with Crippen LogP contribution in [0.1, 0.15) is 58.1 Å². The molecule has 0 aromatic heterocycles. The van der Waals surface area contributed by atoms with Gasteiger partial charge >= 0.3 is 0 Å². The third-order valence-corrected chi connectivity index (χ3v) is 8.09. The summed E-state index contributed by atoms with van der Waals surface area (Å²) in [4.78, 5) is 17.9. The smallest absolute Gasteiger partial charge is 0.240 e. The Labute approximate surface area is 218 Å². The zero-order valence-electron chi connectivity index (χ0n) is 23.4. The van der Waals surface area contributed by atoms with Crippen LogP contribution in [0.2, 0.25) is 0 Å². The molecule has 2 unspecified atom stereocenters. The molecule has 3 rings (SSSR count). The Morgan fingerprint density at radius 1 is 1.28 bits per heavy atom. The molecule has 200 valence electrons. The minimum atomic E-state index is -0.953. The molecule has 1 heterocycles. The predicted octanol–water partition coefficient (Wildman–Crippen LogP) is 4.44. The van der Waals surface area contributed by atoms with Crippen LogP contribution < -0.4 is 5.32 Å². The van der Waals surface area contributed by atoms with E-state index in [1.54, 1.807) is 7.11 Å². The highest BCUT2D eigenvalue weighted by molar-refractivity contribution is 5.82. The van der Waals surface area contributed by atoms with Crippen molar-refractivity contribution in [3.8, 4) is 0 Å². The number of likely N-dealkylation sites (tertiary alicyclic amines) is 1. The first-order valence-electron chi connectivity index (χ1n) is 13.4. The van der Waals surface area contributed by atoms with E-state index in [9.17, 15) is 9.90 Å². The molecular formula is C30H47N3O3. The van der Waals surface area contributed by atoms with Crippen LogP contribution in [-0.2, 0) is 15.1 Å². The van der Waals surface area contributed by atoms with Crippen molar-refractivity contribution in [1.29, 1.82) is 0 Å². The van der Waals surface area contributed by atoms with E-state index in [1.165, 1.54) is 5.56 Å². The van der Waals surface area contributed by atoms with Gasteiger partial charge < -0.3 is 20.1 Å². The normalized spacial score (nSPS) is 24.7. The van der Waals surface area contributed by atoms with Crippen molar-refractivity contribution in [1.82, 2.24) is 15.1 Å². The number of rotatable bonds is 10. The van der Waals surface area contributed by atoms with Crippen molar-refractivity contribution in [3.05, 3.63) is 59.4 Å². The lowest BCUT2D eigenvalue weighted by molar-refractivity contribution is -0.158. The fraction of sp³-hybridized carbons (Fsp3) is 0.633. The van der Waals surface area contributed by atoms with Crippen molar-refractivity contribution in [2.75, 3.05) is 40.5 Å². The molecule has 0 saturated carbocycles. The predicted molar refractivity (Wildman–Crippen MR) is 146 cm³/mol. The number of aryl methyl sites for hydroxylation is 1. The fourth-order valence-electron chi connectivity index (χ4n) is 5.70. The molecule has 6 heteroatoms. The zero-order chi connectivity index (χ0) is 26.5. The van der Waals surface area contributed by atoms with Gasteiger partial charge in [0, 0.05) is 25.2 Å². The highest BCUT2D eigenvalue weighted by atomic mass is 16.5. The van der Waals surface area contributed by atoms with Crippen molar-refractivity contribution in [2.24, 2.45) is 17.3 Å². The van der Waals surface area contributed by atoms with E-state index < -0.39 is 11.0 Å². The topological polar surface area (TPSA) is 65.0 Å². The summed E-state index contributed by atoms with van der Waals surface area (Å²) in [5, 5.41) is 15.3. The highest BCUT2D eigenvalue weighted by Gasteiger charge is 2.50. The van der Waals surface area contributed by atoms with Gasteiger partial charge in [-0.25, -0.2) is 0 Å². The summed E-state index contributed by atoms with van der Waals surface area (Å²) < 4.78 is 5.27. The molecule has 2 N–H and O–H groups in total. The van der Waals surface area contributed by atoms with Crippen LogP contribution >= 0.6 is 0 Å². The minimum absolute atomic E-state index is 0.153. The number of ether oxygens (including phenoxy) is 1. The minimum Gasteiger partial charge on any atom is -0.497 e. The number of hydrogen-bond acceptors (Lipinski definition) is 5. The van der Waals surface area contributed by atoms with Crippen molar-refractivity contribution >= 4 is 5.91 Å². The number of piperidine rings is 1. The van der Waals surface area contributed by atoms with Gasteiger partial charge in [-0.15, -0.1) is 0 Å². The zero-order valence-corrected chi connectivity index (χ0v) is 23.4. The Morgan fingerprint density at radius 3 is 2.53 bits per heavy atom. The van der Waals surface area contributed by atoms with Crippen molar-refractivity contribution in [2.45, 2.75) is 65.5 Å². The Kier molecular flexibility index (Phi) is 9.42. The molecule has 3 atom stereocenters. The van der Waals surface area contributed by atoms with Gasteiger partial charge in [0.05, 0.1) is 18.8 Å². The Balaban J connectivity index is 1.56. The van der Waals surface area contributed by atoms with E-state index in [1.807, 2.05) is 30.2 Å². The molecule has 0 radical (unpaired) electrons. The third-order valence-electron chi connectivity index (χ3n) is 8.09.